The minimum atomic E-state index is -0.555. The Morgan fingerprint density at radius 2 is 2.08 bits per heavy atom. The molecule has 134 valence electrons. The number of H-pyrrole nitrogens is 1. The number of methoxy groups -OCH3 is 2. The van der Waals surface area contributed by atoms with Crippen LogP contribution in [-0.4, -0.2) is 31.2 Å². The predicted molar refractivity (Wildman–Crippen MR) is 88.3 cm³/mol. The molecule has 26 heavy (non-hydrogen) atoms. The van der Waals surface area contributed by atoms with Gasteiger partial charge < -0.3 is 29.4 Å². The van der Waals surface area contributed by atoms with E-state index in [4.69, 9.17) is 29.4 Å². The second-order valence-corrected chi connectivity index (χ2v) is 5.76. The molecule has 1 atom stereocenters. The molecule has 4 rings (SSSR count). The molecule has 0 bridgehead atoms. The highest BCUT2D eigenvalue weighted by Gasteiger charge is 2.38. The fourth-order valence-electron chi connectivity index (χ4n) is 3.33. The average Bonchev–Trinajstić information content (AvgIpc) is 3.25. The number of aromatic nitrogens is 2. The number of fused-ring (bicyclic) bond motifs is 2. The number of nitrogens with two attached hydrogens (primary N) is 1. The molecule has 0 amide bonds. The number of ether oxygens (including phenoxy) is 5. The second kappa shape index (κ2) is 5.77. The van der Waals surface area contributed by atoms with Gasteiger partial charge >= 0.3 is 0 Å². The average molecular weight is 356 g/mol. The molecule has 2 aliphatic heterocycles. The molecule has 0 spiro atoms. The van der Waals surface area contributed by atoms with Crippen molar-refractivity contribution in [1.82, 2.24) is 10.2 Å². The van der Waals surface area contributed by atoms with E-state index in [1.807, 2.05) is 6.92 Å². The molecule has 0 radical (unpaired) electrons. The Bertz CT molecular complexity index is 973. The van der Waals surface area contributed by atoms with E-state index in [1.165, 1.54) is 14.2 Å². The van der Waals surface area contributed by atoms with Crippen molar-refractivity contribution >= 4 is 0 Å². The first kappa shape index (κ1) is 16.0. The van der Waals surface area contributed by atoms with E-state index in [9.17, 15) is 5.26 Å². The van der Waals surface area contributed by atoms with Gasteiger partial charge in [0.25, 0.3) is 0 Å². The van der Waals surface area contributed by atoms with Gasteiger partial charge in [-0.15, -0.1) is 5.10 Å². The fourth-order valence-corrected chi connectivity index (χ4v) is 3.33. The number of nitrogens with zero attached hydrogens (tertiary/aromatic N) is 2. The third-order valence-electron chi connectivity index (χ3n) is 4.45. The number of hydrogen-bond donors (Lipinski definition) is 2. The van der Waals surface area contributed by atoms with Crippen LogP contribution < -0.4 is 29.4 Å². The zero-order valence-electron chi connectivity index (χ0n) is 14.4. The molecule has 2 aromatic rings. The number of rotatable bonds is 3. The molecule has 0 saturated heterocycles. The van der Waals surface area contributed by atoms with Crippen LogP contribution in [0.5, 0.6) is 28.9 Å². The molecule has 0 unspecified atom stereocenters. The van der Waals surface area contributed by atoms with Gasteiger partial charge in [-0.25, -0.2) is 0 Å². The minimum absolute atomic E-state index is 0.00446. The Labute approximate surface area is 148 Å². The molecule has 9 nitrogen and oxygen atoms in total. The molecular formula is C17H16N4O5. The van der Waals surface area contributed by atoms with Gasteiger partial charge in [0.2, 0.25) is 30.1 Å². The summed E-state index contributed by atoms with van der Waals surface area (Å²) in [7, 11) is 3.03. The normalized spacial score (nSPS) is 17.4. The van der Waals surface area contributed by atoms with Crippen LogP contribution in [0.4, 0.5) is 0 Å². The van der Waals surface area contributed by atoms with Gasteiger partial charge in [-0.3, -0.25) is 5.10 Å². The molecule has 3 heterocycles. The van der Waals surface area contributed by atoms with Gasteiger partial charge in [0.1, 0.15) is 11.6 Å². The number of hydrogen-bond acceptors (Lipinski definition) is 8. The Morgan fingerprint density at radius 1 is 1.31 bits per heavy atom. The van der Waals surface area contributed by atoms with Gasteiger partial charge in [0, 0.05) is 16.8 Å². The Morgan fingerprint density at radius 3 is 2.77 bits per heavy atom. The van der Waals surface area contributed by atoms with Crippen LogP contribution in [0.25, 0.3) is 0 Å². The number of nitrogens with one attached hydrogen (secondary N) is 1. The maximum absolute atomic E-state index is 9.70. The highest BCUT2D eigenvalue weighted by Crippen LogP contribution is 2.54. The highest BCUT2D eigenvalue weighted by molar-refractivity contribution is 5.68. The van der Waals surface area contributed by atoms with Gasteiger partial charge in [0.15, 0.2) is 11.5 Å². The standard InChI is InChI=1S/C17H16N4O5/c1-7-11-12(9(5-18)16(19)26-17(11)21-20-7)8-4-10-14(25-6-24-10)15(23-3)13(8)22-2/h4,12H,6,19H2,1-3H3,(H,20,21)/t12-/m0/s1. The van der Waals surface area contributed by atoms with Crippen LogP contribution >= 0.6 is 0 Å². The molecule has 0 saturated carbocycles. The first-order chi connectivity index (χ1) is 12.6. The largest absolute Gasteiger partial charge is 0.492 e. The summed E-state index contributed by atoms with van der Waals surface area (Å²) < 4.78 is 27.6. The third-order valence-corrected chi connectivity index (χ3v) is 4.45. The number of allylic oxidation sites excluding steroid dienone is 1. The van der Waals surface area contributed by atoms with Crippen molar-refractivity contribution in [3.8, 4) is 34.9 Å². The van der Waals surface area contributed by atoms with Gasteiger partial charge in [-0.2, -0.15) is 5.26 Å². The summed E-state index contributed by atoms with van der Waals surface area (Å²) in [6, 6.07) is 3.90. The number of nitriles is 1. The number of aromatic amines is 1. The molecule has 0 fully saturated rings. The van der Waals surface area contributed by atoms with Crippen LogP contribution in [0.1, 0.15) is 22.7 Å². The summed E-state index contributed by atoms with van der Waals surface area (Å²) in [4.78, 5) is 0. The van der Waals surface area contributed by atoms with E-state index in [-0.39, 0.29) is 18.2 Å². The molecular weight excluding hydrogens is 340 g/mol. The maximum Gasteiger partial charge on any atom is 0.244 e. The lowest BCUT2D eigenvalue weighted by Gasteiger charge is -2.26. The molecule has 1 aromatic heterocycles. The highest BCUT2D eigenvalue weighted by atomic mass is 16.7. The lowest BCUT2D eigenvalue weighted by molar-refractivity contribution is 0.170. The maximum atomic E-state index is 9.70. The minimum Gasteiger partial charge on any atom is -0.492 e. The monoisotopic (exact) mass is 356 g/mol. The van der Waals surface area contributed by atoms with Crippen LogP contribution in [0.15, 0.2) is 17.5 Å². The van der Waals surface area contributed by atoms with Crippen molar-refractivity contribution in [2.75, 3.05) is 21.0 Å². The molecule has 0 aliphatic carbocycles. The van der Waals surface area contributed by atoms with Crippen LogP contribution in [0.3, 0.4) is 0 Å². The first-order valence-corrected chi connectivity index (χ1v) is 7.77. The first-order valence-electron chi connectivity index (χ1n) is 7.77. The van der Waals surface area contributed by atoms with E-state index in [0.717, 1.165) is 5.69 Å². The summed E-state index contributed by atoms with van der Waals surface area (Å²) in [5.74, 6) is 1.54. The van der Waals surface area contributed by atoms with Crippen molar-refractivity contribution in [3.63, 3.8) is 0 Å². The number of aryl methyl sites for hydroxylation is 1. The van der Waals surface area contributed by atoms with Crippen molar-refractivity contribution in [3.05, 3.63) is 34.3 Å². The van der Waals surface area contributed by atoms with Crippen LogP contribution in [-0.2, 0) is 0 Å². The Kier molecular flexibility index (Phi) is 3.54. The van der Waals surface area contributed by atoms with Crippen molar-refractivity contribution in [2.45, 2.75) is 12.8 Å². The van der Waals surface area contributed by atoms with Crippen molar-refractivity contribution < 1.29 is 23.7 Å². The summed E-state index contributed by atoms with van der Waals surface area (Å²) in [5.41, 5.74) is 8.32. The topological polar surface area (TPSA) is 125 Å². The Hall–Kier alpha value is -3.54. The van der Waals surface area contributed by atoms with E-state index in [2.05, 4.69) is 16.3 Å². The molecule has 9 heteroatoms. The van der Waals surface area contributed by atoms with Crippen LogP contribution in [0.2, 0.25) is 0 Å². The predicted octanol–water partition coefficient (Wildman–Crippen LogP) is 1.68. The summed E-state index contributed by atoms with van der Waals surface area (Å²) in [5, 5.41) is 16.7. The summed E-state index contributed by atoms with van der Waals surface area (Å²) in [6.45, 7) is 1.92. The lowest BCUT2D eigenvalue weighted by Crippen LogP contribution is -2.21. The van der Waals surface area contributed by atoms with Gasteiger partial charge in [-0.05, 0) is 13.0 Å². The lowest BCUT2D eigenvalue weighted by atomic mass is 9.83. The quantitative estimate of drug-likeness (QED) is 0.851. The van der Waals surface area contributed by atoms with E-state index in [1.54, 1.807) is 6.07 Å². The summed E-state index contributed by atoms with van der Waals surface area (Å²) in [6.07, 6.45) is 0. The Balaban J connectivity index is 2.03. The SMILES string of the molecule is COc1c([C@H]2C(C#N)=C(N)Oc3n[nH]c(C)c32)cc2c(c1OC)OCO2. The third kappa shape index (κ3) is 2.05. The smallest absolute Gasteiger partial charge is 0.244 e. The molecule has 2 aliphatic rings. The fraction of sp³-hybridized carbons (Fsp3) is 0.294. The van der Waals surface area contributed by atoms with E-state index in [0.29, 0.717) is 40.0 Å². The van der Waals surface area contributed by atoms with E-state index < -0.39 is 5.92 Å². The molecule has 1 aromatic carbocycles. The second-order valence-electron chi connectivity index (χ2n) is 5.76. The zero-order valence-corrected chi connectivity index (χ0v) is 14.4. The van der Waals surface area contributed by atoms with E-state index >= 15 is 0 Å². The van der Waals surface area contributed by atoms with Crippen molar-refractivity contribution in [1.29, 1.82) is 5.26 Å². The van der Waals surface area contributed by atoms with Gasteiger partial charge in [0.05, 0.1) is 20.1 Å². The summed E-state index contributed by atoms with van der Waals surface area (Å²) >= 11 is 0. The number of benzene rings is 1. The molecule has 3 N–H and O–H groups in total. The van der Waals surface area contributed by atoms with Crippen molar-refractivity contribution in [2.24, 2.45) is 5.73 Å². The zero-order chi connectivity index (χ0) is 18.4. The van der Waals surface area contributed by atoms with Crippen LogP contribution in [0, 0.1) is 18.3 Å². The van der Waals surface area contributed by atoms with Gasteiger partial charge in [-0.1, -0.05) is 0 Å².